The van der Waals surface area contributed by atoms with Crippen molar-refractivity contribution in [2.24, 2.45) is 0 Å². The molecule has 2 N–H and O–H groups in total. The number of hydrogen-bond acceptors (Lipinski definition) is 3. The van der Waals surface area contributed by atoms with Gasteiger partial charge in [0.15, 0.2) is 5.82 Å². The third-order valence-corrected chi connectivity index (χ3v) is 2.37. The van der Waals surface area contributed by atoms with Gasteiger partial charge < -0.3 is 4.98 Å². The van der Waals surface area contributed by atoms with Crippen LogP contribution in [-0.2, 0) is 0 Å². The topological polar surface area (TPSA) is 70.2 Å². The second kappa shape index (κ2) is 2.91. The molecule has 0 bridgehead atoms. The molecule has 1 aromatic carbocycles. The average molecular weight is 199 g/mol. The van der Waals surface area contributed by atoms with E-state index in [1.165, 1.54) is 0 Å². The lowest BCUT2D eigenvalue weighted by Crippen LogP contribution is -1.79. The highest BCUT2D eigenvalue weighted by atomic mass is 15.3. The van der Waals surface area contributed by atoms with Crippen LogP contribution in [0.15, 0.2) is 24.4 Å². The predicted molar refractivity (Wildman–Crippen MR) is 56.2 cm³/mol. The smallest absolute Gasteiger partial charge is 0.160 e. The minimum atomic E-state index is 0.727. The summed E-state index contributed by atoms with van der Waals surface area (Å²) < 4.78 is 0. The number of benzene rings is 1. The highest BCUT2D eigenvalue weighted by molar-refractivity contribution is 5.81. The Balaban J connectivity index is 2.27. The molecule has 74 valence electrons. The van der Waals surface area contributed by atoms with E-state index in [4.69, 9.17) is 0 Å². The van der Waals surface area contributed by atoms with E-state index in [2.05, 4.69) is 25.4 Å². The fraction of sp³-hybridized carbons (Fsp3) is 0.100. The fourth-order valence-corrected chi connectivity index (χ4v) is 1.61. The van der Waals surface area contributed by atoms with Crippen molar-refractivity contribution in [2.75, 3.05) is 0 Å². The summed E-state index contributed by atoms with van der Waals surface area (Å²) in [6.07, 6.45) is 1.65. The van der Waals surface area contributed by atoms with Crippen LogP contribution in [0.1, 0.15) is 5.56 Å². The number of aromatic nitrogens is 5. The Hall–Kier alpha value is -2.17. The first kappa shape index (κ1) is 8.16. The van der Waals surface area contributed by atoms with Crippen molar-refractivity contribution in [1.82, 2.24) is 25.4 Å². The van der Waals surface area contributed by atoms with Gasteiger partial charge in [0.1, 0.15) is 5.69 Å². The molecule has 5 heteroatoms. The van der Waals surface area contributed by atoms with Gasteiger partial charge in [-0.3, -0.25) is 0 Å². The van der Waals surface area contributed by atoms with Crippen LogP contribution in [0.2, 0.25) is 0 Å². The van der Waals surface area contributed by atoms with Crippen molar-refractivity contribution in [1.29, 1.82) is 0 Å². The SMILES string of the molecule is Cc1cccc2[nH]c(-c3cn[nH]n3)nc12. The Kier molecular flexibility index (Phi) is 1.58. The summed E-state index contributed by atoms with van der Waals surface area (Å²) in [4.78, 5) is 7.68. The summed E-state index contributed by atoms with van der Waals surface area (Å²) in [5.41, 5.74) is 3.88. The lowest BCUT2D eigenvalue weighted by molar-refractivity contribution is 0.940. The minimum absolute atomic E-state index is 0.727. The summed E-state index contributed by atoms with van der Waals surface area (Å²) in [5.74, 6) is 0.744. The molecule has 0 amide bonds. The van der Waals surface area contributed by atoms with Crippen molar-refractivity contribution in [3.8, 4) is 11.5 Å². The van der Waals surface area contributed by atoms with Gasteiger partial charge in [-0.2, -0.15) is 15.4 Å². The fourth-order valence-electron chi connectivity index (χ4n) is 1.61. The molecule has 0 fully saturated rings. The van der Waals surface area contributed by atoms with Crippen LogP contribution in [0, 0.1) is 6.92 Å². The number of aryl methyl sites for hydroxylation is 1. The van der Waals surface area contributed by atoms with Gasteiger partial charge in [-0.05, 0) is 18.6 Å². The number of imidazole rings is 1. The number of para-hydroxylation sites is 1. The third kappa shape index (κ3) is 1.20. The van der Waals surface area contributed by atoms with Crippen LogP contribution in [0.25, 0.3) is 22.6 Å². The van der Waals surface area contributed by atoms with Gasteiger partial charge in [0.2, 0.25) is 0 Å². The zero-order valence-corrected chi connectivity index (χ0v) is 8.15. The molecule has 0 radical (unpaired) electrons. The summed E-state index contributed by atoms with van der Waals surface area (Å²) in [7, 11) is 0. The number of fused-ring (bicyclic) bond motifs is 1. The molecule has 0 aliphatic rings. The molecule has 2 aromatic heterocycles. The Morgan fingerprint density at radius 1 is 1.27 bits per heavy atom. The van der Waals surface area contributed by atoms with Gasteiger partial charge in [-0.15, -0.1) is 0 Å². The number of nitrogens with one attached hydrogen (secondary N) is 2. The van der Waals surface area contributed by atoms with Crippen molar-refractivity contribution in [3.63, 3.8) is 0 Å². The molecule has 2 heterocycles. The van der Waals surface area contributed by atoms with Crippen molar-refractivity contribution in [3.05, 3.63) is 30.0 Å². The van der Waals surface area contributed by atoms with E-state index in [-0.39, 0.29) is 0 Å². The van der Waals surface area contributed by atoms with Crippen molar-refractivity contribution in [2.45, 2.75) is 6.92 Å². The van der Waals surface area contributed by atoms with E-state index < -0.39 is 0 Å². The van der Waals surface area contributed by atoms with Gasteiger partial charge in [0.05, 0.1) is 17.2 Å². The van der Waals surface area contributed by atoms with Crippen LogP contribution in [0.4, 0.5) is 0 Å². The maximum atomic E-state index is 4.48. The van der Waals surface area contributed by atoms with Crippen molar-refractivity contribution < 1.29 is 0 Å². The first-order chi connectivity index (χ1) is 7.34. The largest absolute Gasteiger partial charge is 0.337 e. The maximum absolute atomic E-state index is 4.48. The lowest BCUT2D eigenvalue weighted by Gasteiger charge is -1.90. The van der Waals surface area contributed by atoms with Crippen LogP contribution >= 0.6 is 0 Å². The number of rotatable bonds is 1. The Bertz CT molecular complexity index is 593. The molecule has 15 heavy (non-hydrogen) atoms. The van der Waals surface area contributed by atoms with E-state index in [1.54, 1.807) is 6.20 Å². The van der Waals surface area contributed by atoms with Gasteiger partial charge in [0, 0.05) is 0 Å². The predicted octanol–water partition coefficient (Wildman–Crippen LogP) is 1.66. The normalized spacial score (nSPS) is 11.0. The molecule has 0 saturated carbocycles. The standard InChI is InChI=1S/C10H9N5/c1-6-3-2-4-7-9(6)13-10(12-7)8-5-11-15-14-8/h2-5H,1H3,(H,12,13)(H,11,14,15). The van der Waals surface area contributed by atoms with E-state index >= 15 is 0 Å². The summed E-state index contributed by atoms with van der Waals surface area (Å²) in [6.45, 7) is 2.04. The maximum Gasteiger partial charge on any atom is 0.160 e. The molecule has 0 aliphatic heterocycles. The first-order valence-corrected chi connectivity index (χ1v) is 4.66. The van der Waals surface area contributed by atoms with Gasteiger partial charge >= 0.3 is 0 Å². The molecule has 0 atom stereocenters. The van der Waals surface area contributed by atoms with E-state index in [0.717, 1.165) is 28.1 Å². The lowest BCUT2D eigenvalue weighted by atomic mass is 10.2. The number of aromatic amines is 2. The molecule has 0 saturated heterocycles. The van der Waals surface area contributed by atoms with Gasteiger partial charge in [-0.1, -0.05) is 12.1 Å². The molecular weight excluding hydrogens is 190 g/mol. The second-order valence-electron chi connectivity index (χ2n) is 3.41. The Labute approximate surface area is 85.5 Å². The first-order valence-electron chi connectivity index (χ1n) is 4.66. The van der Waals surface area contributed by atoms with Gasteiger partial charge in [0.25, 0.3) is 0 Å². The monoisotopic (exact) mass is 199 g/mol. The Morgan fingerprint density at radius 2 is 2.20 bits per heavy atom. The summed E-state index contributed by atoms with van der Waals surface area (Å²) in [6, 6.07) is 6.04. The van der Waals surface area contributed by atoms with Crippen LogP contribution < -0.4 is 0 Å². The Morgan fingerprint density at radius 3 is 2.93 bits per heavy atom. The molecule has 3 rings (SSSR count). The summed E-state index contributed by atoms with van der Waals surface area (Å²) in [5, 5.41) is 10.3. The molecule has 5 nitrogen and oxygen atoms in total. The van der Waals surface area contributed by atoms with Gasteiger partial charge in [-0.25, -0.2) is 4.98 Å². The summed E-state index contributed by atoms with van der Waals surface area (Å²) >= 11 is 0. The quantitative estimate of drug-likeness (QED) is 0.626. The van der Waals surface area contributed by atoms with Crippen molar-refractivity contribution >= 4 is 11.0 Å². The average Bonchev–Trinajstić information content (AvgIpc) is 2.86. The van der Waals surface area contributed by atoms with E-state index in [9.17, 15) is 0 Å². The van der Waals surface area contributed by atoms with Crippen LogP contribution in [-0.4, -0.2) is 25.4 Å². The highest BCUT2D eigenvalue weighted by Gasteiger charge is 2.08. The molecular formula is C10H9N5. The molecule has 0 spiro atoms. The zero-order chi connectivity index (χ0) is 10.3. The zero-order valence-electron chi connectivity index (χ0n) is 8.15. The minimum Gasteiger partial charge on any atom is -0.337 e. The number of hydrogen-bond donors (Lipinski definition) is 2. The highest BCUT2D eigenvalue weighted by Crippen LogP contribution is 2.20. The molecule has 3 aromatic rings. The second-order valence-corrected chi connectivity index (χ2v) is 3.41. The van der Waals surface area contributed by atoms with Crippen LogP contribution in [0.5, 0.6) is 0 Å². The third-order valence-electron chi connectivity index (χ3n) is 2.37. The molecule has 0 unspecified atom stereocenters. The van der Waals surface area contributed by atoms with E-state index in [1.807, 2.05) is 25.1 Å². The molecule has 0 aliphatic carbocycles. The van der Waals surface area contributed by atoms with E-state index in [0.29, 0.717) is 0 Å². The van der Waals surface area contributed by atoms with Crippen LogP contribution in [0.3, 0.4) is 0 Å². The number of H-pyrrole nitrogens is 2. The number of nitrogens with zero attached hydrogens (tertiary/aromatic N) is 3.